The zero-order valence-corrected chi connectivity index (χ0v) is 18.8. The first kappa shape index (κ1) is 22.9. The number of rotatable bonds is 7. The second kappa shape index (κ2) is 9.41. The quantitative estimate of drug-likeness (QED) is 0.387. The molecule has 0 bridgehead atoms. The molecule has 4 aromatic rings. The minimum atomic E-state index is -1.17. The number of nitrogens with one attached hydrogen (secondary N) is 1. The maximum atomic E-state index is 13.9. The van der Waals surface area contributed by atoms with Gasteiger partial charge in [0.25, 0.3) is 11.8 Å². The highest BCUT2D eigenvalue weighted by Crippen LogP contribution is 2.37. The van der Waals surface area contributed by atoms with Crippen LogP contribution in [0, 0.1) is 5.82 Å². The fraction of sp³-hybridized carbons (Fsp3) is 0.115. The number of primary amides is 1. The number of pyridine rings is 1. The zero-order valence-electron chi connectivity index (χ0n) is 18.8. The molecule has 3 heterocycles. The van der Waals surface area contributed by atoms with E-state index in [0.29, 0.717) is 22.6 Å². The van der Waals surface area contributed by atoms with Gasteiger partial charge < -0.3 is 15.8 Å². The number of benzene rings is 2. The predicted molar refractivity (Wildman–Crippen MR) is 127 cm³/mol. The first-order valence-electron chi connectivity index (χ1n) is 11.1. The molecule has 3 N–H and O–H groups in total. The highest BCUT2D eigenvalue weighted by molar-refractivity contribution is 6.38. The van der Waals surface area contributed by atoms with Crippen LogP contribution in [0.25, 0.3) is 17.1 Å². The molecule has 9 nitrogen and oxygen atoms in total. The Morgan fingerprint density at radius 3 is 2.69 bits per heavy atom. The van der Waals surface area contributed by atoms with Crippen LogP contribution in [0.1, 0.15) is 21.5 Å². The van der Waals surface area contributed by atoms with Crippen LogP contribution < -0.4 is 15.8 Å². The number of halogens is 1. The van der Waals surface area contributed by atoms with Gasteiger partial charge in [-0.1, -0.05) is 30.3 Å². The van der Waals surface area contributed by atoms with Crippen molar-refractivity contribution in [1.82, 2.24) is 20.1 Å². The third kappa shape index (κ3) is 4.43. The fourth-order valence-electron chi connectivity index (χ4n) is 4.04. The summed E-state index contributed by atoms with van der Waals surface area (Å²) in [6.45, 7) is 0.217. The molecular weight excluding hydrogens is 465 g/mol. The Kier molecular flexibility index (Phi) is 5.99. The summed E-state index contributed by atoms with van der Waals surface area (Å²) >= 11 is 0. The van der Waals surface area contributed by atoms with Crippen molar-refractivity contribution in [1.29, 1.82) is 0 Å². The van der Waals surface area contributed by atoms with Gasteiger partial charge in [0.1, 0.15) is 29.9 Å². The Morgan fingerprint density at radius 1 is 1.11 bits per heavy atom. The molecule has 0 fully saturated rings. The smallest absolute Gasteiger partial charge is 0.287 e. The topological polar surface area (TPSA) is 129 Å². The number of nitrogens with two attached hydrogens (primary N) is 1. The largest absolute Gasteiger partial charge is 0.488 e. The van der Waals surface area contributed by atoms with E-state index in [2.05, 4.69) is 15.4 Å². The van der Waals surface area contributed by atoms with Gasteiger partial charge in [0.2, 0.25) is 5.78 Å². The molecule has 0 radical (unpaired) electrons. The Labute approximate surface area is 204 Å². The van der Waals surface area contributed by atoms with E-state index in [-0.39, 0.29) is 24.4 Å². The van der Waals surface area contributed by atoms with Gasteiger partial charge in [-0.05, 0) is 35.9 Å². The summed E-state index contributed by atoms with van der Waals surface area (Å²) in [6, 6.07) is 15.0. The Hall–Kier alpha value is -4.86. The van der Waals surface area contributed by atoms with Crippen LogP contribution in [0.4, 0.5) is 4.39 Å². The maximum Gasteiger partial charge on any atom is 0.287 e. The van der Waals surface area contributed by atoms with Crippen molar-refractivity contribution in [3.05, 3.63) is 95.6 Å². The molecule has 0 saturated heterocycles. The van der Waals surface area contributed by atoms with E-state index in [0.717, 1.165) is 5.56 Å². The first-order chi connectivity index (χ1) is 17.4. The molecule has 2 amide bonds. The highest BCUT2D eigenvalue weighted by atomic mass is 19.1. The molecule has 1 aliphatic rings. The number of Topliss-reactive ketones (excluding diaryl/α,β-unsaturated/α-hetero) is 1. The van der Waals surface area contributed by atoms with E-state index in [4.69, 9.17) is 10.5 Å². The third-order valence-electron chi connectivity index (χ3n) is 5.77. The Balaban J connectivity index is 1.47. The lowest BCUT2D eigenvalue weighted by atomic mass is 10.0. The number of hydrogen-bond donors (Lipinski definition) is 2. The summed E-state index contributed by atoms with van der Waals surface area (Å²) in [5.41, 5.74) is 7.79. The van der Waals surface area contributed by atoms with Crippen LogP contribution in [-0.4, -0.2) is 38.4 Å². The molecule has 1 atom stereocenters. The summed E-state index contributed by atoms with van der Waals surface area (Å²) in [4.78, 5) is 41.7. The SMILES string of the molecule is NC(=O)C(=O)C(Cc1ccccc1)NC(=O)c1cccnc1-n1cc2c(n1)-c1cc(F)ccc1OC2. The molecule has 0 aliphatic carbocycles. The summed E-state index contributed by atoms with van der Waals surface area (Å²) in [7, 11) is 0. The number of ketones is 1. The average molecular weight is 485 g/mol. The van der Waals surface area contributed by atoms with Crippen LogP contribution in [0.2, 0.25) is 0 Å². The highest BCUT2D eigenvalue weighted by Gasteiger charge is 2.28. The van der Waals surface area contributed by atoms with Gasteiger partial charge in [0.15, 0.2) is 5.82 Å². The van der Waals surface area contributed by atoms with Crippen LogP contribution >= 0.6 is 0 Å². The summed E-state index contributed by atoms with van der Waals surface area (Å²) in [5, 5.41) is 7.16. The molecule has 36 heavy (non-hydrogen) atoms. The molecule has 1 unspecified atom stereocenters. The van der Waals surface area contributed by atoms with E-state index in [1.165, 1.54) is 35.1 Å². The average Bonchev–Trinajstić information content (AvgIpc) is 3.33. The van der Waals surface area contributed by atoms with Crippen molar-refractivity contribution in [2.75, 3.05) is 0 Å². The zero-order chi connectivity index (χ0) is 25.2. The fourth-order valence-corrected chi connectivity index (χ4v) is 4.04. The predicted octanol–water partition coefficient (Wildman–Crippen LogP) is 2.36. The van der Waals surface area contributed by atoms with E-state index in [9.17, 15) is 18.8 Å². The van der Waals surface area contributed by atoms with Crippen molar-refractivity contribution >= 4 is 17.6 Å². The number of hydrogen-bond acceptors (Lipinski definition) is 6. The molecule has 180 valence electrons. The standard InChI is InChI=1S/C26H20FN5O4/c27-17-8-9-21-19(12-17)22-16(14-36-21)13-32(31-22)25-18(7-4-10-29-25)26(35)30-20(23(33)24(28)34)11-15-5-2-1-3-6-15/h1-10,12-13,20H,11,14H2,(H2,28,34)(H,30,35). The second-order valence-corrected chi connectivity index (χ2v) is 8.20. The lowest BCUT2D eigenvalue weighted by Gasteiger charge is -2.17. The van der Waals surface area contributed by atoms with E-state index >= 15 is 0 Å². The number of ether oxygens (including phenoxy) is 1. The molecule has 2 aromatic carbocycles. The van der Waals surface area contributed by atoms with Crippen LogP contribution in [0.15, 0.2) is 73.1 Å². The number of aromatic nitrogens is 3. The number of fused-ring (bicyclic) bond motifs is 3. The van der Waals surface area contributed by atoms with Gasteiger partial charge in [-0.2, -0.15) is 5.10 Å². The Bertz CT molecular complexity index is 1480. The van der Waals surface area contributed by atoms with Crippen molar-refractivity contribution in [2.24, 2.45) is 5.73 Å². The maximum absolute atomic E-state index is 13.9. The van der Waals surface area contributed by atoms with E-state index in [1.807, 2.05) is 6.07 Å². The van der Waals surface area contributed by atoms with Gasteiger partial charge in [-0.3, -0.25) is 14.4 Å². The Morgan fingerprint density at radius 2 is 1.92 bits per heavy atom. The van der Waals surface area contributed by atoms with Gasteiger partial charge in [0.05, 0.1) is 5.56 Å². The van der Waals surface area contributed by atoms with E-state index in [1.54, 1.807) is 36.5 Å². The number of amides is 2. The molecule has 5 rings (SSSR count). The molecule has 0 saturated carbocycles. The summed E-state index contributed by atoms with van der Waals surface area (Å²) in [6.07, 6.45) is 3.23. The molecule has 1 aliphatic heterocycles. The number of nitrogens with zero attached hydrogens (tertiary/aromatic N) is 3. The van der Waals surface area contributed by atoms with Crippen molar-refractivity contribution in [2.45, 2.75) is 19.1 Å². The monoisotopic (exact) mass is 485 g/mol. The first-order valence-corrected chi connectivity index (χ1v) is 11.1. The lowest BCUT2D eigenvalue weighted by molar-refractivity contribution is -0.137. The lowest BCUT2D eigenvalue weighted by Crippen LogP contribution is -2.47. The summed E-state index contributed by atoms with van der Waals surface area (Å²) in [5.74, 6) is -2.43. The van der Waals surface area contributed by atoms with Gasteiger partial charge in [-0.25, -0.2) is 14.1 Å². The van der Waals surface area contributed by atoms with Crippen molar-refractivity contribution < 1.29 is 23.5 Å². The van der Waals surface area contributed by atoms with Crippen molar-refractivity contribution in [3.63, 3.8) is 0 Å². The van der Waals surface area contributed by atoms with Crippen LogP contribution in [-0.2, 0) is 22.6 Å². The second-order valence-electron chi connectivity index (χ2n) is 8.20. The molecule has 2 aromatic heterocycles. The molecule has 0 spiro atoms. The minimum absolute atomic E-state index is 0.0830. The van der Waals surface area contributed by atoms with Gasteiger partial charge in [0, 0.05) is 29.9 Å². The molecular formula is C26H20FN5O4. The number of carbonyl (C=O) groups excluding carboxylic acids is 3. The third-order valence-corrected chi connectivity index (χ3v) is 5.77. The molecule has 10 heteroatoms. The van der Waals surface area contributed by atoms with Crippen molar-refractivity contribution in [3.8, 4) is 22.8 Å². The van der Waals surface area contributed by atoms with E-state index < -0.39 is 29.5 Å². The van der Waals surface area contributed by atoms with Gasteiger partial charge >= 0.3 is 0 Å². The van der Waals surface area contributed by atoms with Crippen LogP contribution in [0.3, 0.4) is 0 Å². The van der Waals surface area contributed by atoms with Crippen LogP contribution in [0.5, 0.6) is 5.75 Å². The summed E-state index contributed by atoms with van der Waals surface area (Å²) < 4.78 is 21.0. The number of carbonyl (C=O) groups is 3. The van der Waals surface area contributed by atoms with Gasteiger partial charge in [-0.15, -0.1) is 0 Å². The minimum Gasteiger partial charge on any atom is -0.488 e. The normalized spacial score (nSPS) is 12.6.